The minimum absolute atomic E-state index is 0.0575. The van der Waals surface area contributed by atoms with Gasteiger partial charge in [-0.25, -0.2) is 4.79 Å². The molecule has 0 spiro atoms. The number of carbonyl (C=O) groups excluding carboxylic acids is 3. The number of nitro groups is 1. The minimum atomic E-state index is -0.729. The van der Waals surface area contributed by atoms with Gasteiger partial charge < -0.3 is 5.32 Å². The van der Waals surface area contributed by atoms with Crippen molar-refractivity contribution in [2.75, 3.05) is 11.9 Å². The van der Waals surface area contributed by atoms with Crippen molar-refractivity contribution in [3.05, 3.63) is 72.5 Å². The predicted octanol–water partition coefficient (Wildman–Crippen LogP) is 3.08. The van der Waals surface area contributed by atoms with E-state index in [-0.39, 0.29) is 21.8 Å². The monoisotopic (exact) mass is 495 g/mol. The molecule has 1 aliphatic rings. The van der Waals surface area contributed by atoms with E-state index in [1.165, 1.54) is 41.4 Å². The lowest BCUT2D eigenvalue weighted by atomic mass is 10.1. The first-order valence-corrected chi connectivity index (χ1v) is 11.3. The zero-order chi connectivity index (χ0) is 25.6. The van der Waals surface area contributed by atoms with Gasteiger partial charge in [-0.05, 0) is 54.9 Å². The highest BCUT2D eigenvalue weighted by Gasteiger charge is 2.37. The number of anilines is 1. The van der Waals surface area contributed by atoms with Crippen LogP contribution in [0, 0.1) is 24.0 Å². The Balaban J connectivity index is 1.63. The second-order valence-electron chi connectivity index (χ2n) is 8.19. The Morgan fingerprint density at radius 2 is 1.74 bits per heavy atom. The lowest BCUT2D eigenvalue weighted by molar-refractivity contribution is -0.385. The van der Waals surface area contributed by atoms with E-state index >= 15 is 0 Å². The van der Waals surface area contributed by atoms with Gasteiger partial charge in [0.1, 0.15) is 6.54 Å². The van der Waals surface area contributed by atoms with Gasteiger partial charge in [0.05, 0.1) is 26.4 Å². The highest BCUT2D eigenvalue weighted by Crippen LogP contribution is 2.35. The Morgan fingerprint density at radius 1 is 1.09 bits per heavy atom. The molecule has 1 aromatic heterocycles. The Morgan fingerprint density at radius 3 is 2.40 bits per heavy atom. The van der Waals surface area contributed by atoms with Crippen molar-refractivity contribution < 1.29 is 19.3 Å². The van der Waals surface area contributed by atoms with Crippen LogP contribution in [0.1, 0.15) is 16.7 Å². The van der Waals surface area contributed by atoms with Gasteiger partial charge >= 0.3 is 5.69 Å². The Kier molecular flexibility index (Phi) is 6.07. The fourth-order valence-electron chi connectivity index (χ4n) is 3.81. The number of nitrogens with one attached hydrogen (secondary N) is 1. The number of nitrogens with zero attached hydrogens (tertiary/aromatic N) is 4. The third-order valence-electron chi connectivity index (χ3n) is 5.75. The number of imide groups is 1. The molecular formula is C23H21N5O6S. The number of hydrogen-bond donors (Lipinski definition) is 1. The molecule has 1 N–H and O–H groups in total. The first-order chi connectivity index (χ1) is 16.5. The number of rotatable bonds is 5. The van der Waals surface area contributed by atoms with Crippen LogP contribution in [0.4, 0.5) is 16.2 Å². The van der Waals surface area contributed by atoms with E-state index in [0.29, 0.717) is 28.5 Å². The number of carbonyl (C=O) groups is 3. The van der Waals surface area contributed by atoms with Gasteiger partial charge in [0, 0.05) is 25.8 Å². The summed E-state index contributed by atoms with van der Waals surface area (Å²) in [6, 6.07) is 8.21. The summed E-state index contributed by atoms with van der Waals surface area (Å²) in [7, 11) is 3.03. The number of hydrogen-bond acceptors (Lipinski definition) is 7. The zero-order valence-electron chi connectivity index (χ0n) is 19.3. The van der Waals surface area contributed by atoms with Crippen LogP contribution in [0.15, 0.2) is 40.0 Å². The molecule has 0 unspecified atom stereocenters. The number of amides is 3. The Labute approximate surface area is 203 Å². The van der Waals surface area contributed by atoms with Crippen LogP contribution in [0.2, 0.25) is 0 Å². The molecule has 0 atom stereocenters. The van der Waals surface area contributed by atoms with E-state index in [1.807, 2.05) is 26.0 Å². The Hall–Kier alpha value is -4.19. The van der Waals surface area contributed by atoms with Gasteiger partial charge in [-0.1, -0.05) is 12.1 Å². The fraction of sp³-hybridized carbons (Fsp3) is 0.217. The van der Waals surface area contributed by atoms with Crippen molar-refractivity contribution in [1.29, 1.82) is 0 Å². The standard InChI is InChI=1S/C23H21N5O6S/c1-12-5-6-13(2)15(7-12)24-20(29)11-27-21(30)19(35-23(27)32)9-14-8-17-18(10-16(14)28(33)34)26(4)22(31)25(17)3/h5-10H,11H2,1-4H3,(H,24,29)/b19-9-. The number of benzene rings is 2. The molecule has 3 aromatic rings. The van der Waals surface area contributed by atoms with Crippen LogP contribution in [0.3, 0.4) is 0 Å². The molecule has 35 heavy (non-hydrogen) atoms. The molecule has 3 amide bonds. The SMILES string of the molecule is Cc1ccc(C)c(NC(=O)CN2C(=O)S/C(=C\c3cc4c(cc3[N+](=O)[O-])n(C)c(=O)n4C)C2=O)c1. The topological polar surface area (TPSA) is 137 Å². The van der Waals surface area contributed by atoms with Crippen molar-refractivity contribution in [2.24, 2.45) is 14.1 Å². The molecule has 4 rings (SSSR count). The van der Waals surface area contributed by atoms with Crippen molar-refractivity contribution in [1.82, 2.24) is 14.0 Å². The van der Waals surface area contributed by atoms with E-state index in [1.54, 1.807) is 6.07 Å². The van der Waals surface area contributed by atoms with Crippen molar-refractivity contribution >= 4 is 57.3 Å². The maximum atomic E-state index is 12.9. The molecule has 2 aromatic carbocycles. The van der Waals surface area contributed by atoms with Gasteiger partial charge in [-0.3, -0.25) is 38.5 Å². The summed E-state index contributed by atoms with van der Waals surface area (Å²) in [6.45, 7) is 3.20. The summed E-state index contributed by atoms with van der Waals surface area (Å²) in [5.41, 5.74) is 2.52. The molecule has 180 valence electrons. The summed E-state index contributed by atoms with van der Waals surface area (Å²) in [4.78, 5) is 62.0. The second kappa shape index (κ2) is 8.87. The number of imidazole rings is 1. The minimum Gasteiger partial charge on any atom is -0.324 e. The molecular weight excluding hydrogens is 474 g/mol. The lowest BCUT2D eigenvalue weighted by Gasteiger charge is -2.14. The summed E-state index contributed by atoms with van der Waals surface area (Å²) in [5.74, 6) is -1.28. The van der Waals surface area contributed by atoms with E-state index in [9.17, 15) is 29.3 Å². The molecule has 11 nitrogen and oxygen atoms in total. The maximum Gasteiger partial charge on any atom is 0.328 e. The number of thioether (sulfide) groups is 1. The highest BCUT2D eigenvalue weighted by atomic mass is 32.2. The van der Waals surface area contributed by atoms with Crippen molar-refractivity contribution in [3.8, 4) is 0 Å². The van der Waals surface area contributed by atoms with Gasteiger partial charge in [0.25, 0.3) is 16.8 Å². The van der Waals surface area contributed by atoms with Gasteiger partial charge in [-0.15, -0.1) is 0 Å². The van der Waals surface area contributed by atoms with Crippen LogP contribution in [0.5, 0.6) is 0 Å². The normalized spacial score (nSPS) is 14.9. The lowest BCUT2D eigenvalue weighted by Crippen LogP contribution is -2.36. The molecule has 0 bridgehead atoms. The average Bonchev–Trinajstić information content (AvgIpc) is 3.17. The second-order valence-corrected chi connectivity index (χ2v) is 9.19. The van der Waals surface area contributed by atoms with E-state index in [4.69, 9.17) is 0 Å². The van der Waals surface area contributed by atoms with E-state index in [0.717, 1.165) is 16.0 Å². The molecule has 1 saturated heterocycles. The van der Waals surface area contributed by atoms with Crippen molar-refractivity contribution in [3.63, 3.8) is 0 Å². The third kappa shape index (κ3) is 4.35. The van der Waals surface area contributed by atoms with E-state index < -0.39 is 28.5 Å². The van der Waals surface area contributed by atoms with Gasteiger partial charge in [-0.2, -0.15) is 0 Å². The van der Waals surface area contributed by atoms with Crippen LogP contribution in [-0.2, 0) is 23.7 Å². The van der Waals surface area contributed by atoms with Gasteiger partial charge in [0.2, 0.25) is 5.91 Å². The van der Waals surface area contributed by atoms with Gasteiger partial charge in [0.15, 0.2) is 0 Å². The summed E-state index contributed by atoms with van der Waals surface area (Å²) < 4.78 is 2.62. The highest BCUT2D eigenvalue weighted by molar-refractivity contribution is 8.18. The smallest absolute Gasteiger partial charge is 0.324 e. The van der Waals surface area contributed by atoms with Crippen LogP contribution in [-0.4, -0.2) is 42.6 Å². The van der Waals surface area contributed by atoms with Crippen molar-refractivity contribution in [2.45, 2.75) is 13.8 Å². The number of aryl methyl sites for hydroxylation is 4. The third-order valence-corrected chi connectivity index (χ3v) is 6.65. The first-order valence-electron chi connectivity index (χ1n) is 10.4. The molecule has 1 aliphatic heterocycles. The zero-order valence-corrected chi connectivity index (χ0v) is 20.1. The molecule has 0 aliphatic carbocycles. The first kappa shape index (κ1) is 24.0. The predicted molar refractivity (Wildman–Crippen MR) is 132 cm³/mol. The molecule has 2 heterocycles. The average molecular weight is 496 g/mol. The number of fused-ring (bicyclic) bond motifs is 1. The number of aromatic nitrogens is 2. The largest absolute Gasteiger partial charge is 0.328 e. The fourth-order valence-corrected chi connectivity index (χ4v) is 4.63. The van der Waals surface area contributed by atoms with Crippen LogP contribution >= 0.6 is 11.8 Å². The van der Waals surface area contributed by atoms with Crippen LogP contribution < -0.4 is 11.0 Å². The Bertz CT molecular complexity index is 1530. The quantitative estimate of drug-likeness (QED) is 0.326. The summed E-state index contributed by atoms with van der Waals surface area (Å²) in [5, 5.41) is 13.7. The maximum absolute atomic E-state index is 12.9. The molecule has 12 heteroatoms. The summed E-state index contributed by atoms with van der Waals surface area (Å²) in [6.07, 6.45) is 1.24. The van der Waals surface area contributed by atoms with E-state index in [2.05, 4.69) is 5.32 Å². The van der Waals surface area contributed by atoms with Crippen LogP contribution in [0.25, 0.3) is 17.1 Å². The molecule has 1 fully saturated rings. The number of nitro benzene ring substituents is 1. The molecule has 0 saturated carbocycles. The summed E-state index contributed by atoms with van der Waals surface area (Å²) >= 11 is 0.591. The molecule has 0 radical (unpaired) electrons.